The van der Waals surface area contributed by atoms with E-state index in [0.717, 1.165) is 22.6 Å². The largest absolute Gasteiger partial charge is 0.475 e. The quantitative estimate of drug-likeness (QED) is 0.792. The molecule has 0 aliphatic rings. The lowest BCUT2D eigenvalue weighted by Crippen LogP contribution is -2.07. The van der Waals surface area contributed by atoms with Crippen molar-refractivity contribution in [3.8, 4) is 11.9 Å². The van der Waals surface area contributed by atoms with E-state index in [9.17, 15) is 5.26 Å². The van der Waals surface area contributed by atoms with Gasteiger partial charge in [0.2, 0.25) is 5.88 Å². The first-order valence-corrected chi connectivity index (χ1v) is 7.33. The van der Waals surface area contributed by atoms with Crippen molar-refractivity contribution >= 4 is 5.69 Å². The number of hydrogen-bond donors (Lipinski definition) is 1. The zero-order valence-electron chi connectivity index (χ0n) is 13.6. The maximum atomic E-state index is 9.26. The molecule has 1 N–H and O–H groups in total. The van der Waals surface area contributed by atoms with E-state index < -0.39 is 0 Å². The molecule has 2 heterocycles. The Morgan fingerprint density at radius 1 is 1.26 bits per heavy atom. The highest BCUT2D eigenvalue weighted by Gasteiger charge is 2.08. The van der Waals surface area contributed by atoms with Gasteiger partial charge in [0.25, 0.3) is 0 Å². The second-order valence-corrected chi connectivity index (χ2v) is 5.08. The van der Waals surface area contributed by atoms with Crippen LogP contribution in [0.4, 0.5) is 5.69 Å². The number of hydrogen-bond acceptors (Lipinski definition) is 6. The summed E-state index contributed by atoms with van der Waals surface area (Å²) < 4.78 is 10.3. The van der Waals surface area contributed by atoms with Crippen molar-refractivity contribution in [2.24, 2.45) is 0 Å². The van der Waals surface area contributed by atoms with Gasteiger partial charge in [0.05, 0.1) is 23.6 Å². The molecule has 0 saturated carbocycles. The van der Waals surface area contributed by atoms with E-state index in [4.69, 9.17) is 9.47 Å². The maximum Gasteiger partial charge on any atom is 0.213 e. The van der Waals surface area contributed by atoms with Crippen LogP contribution >= 0.6 is 0 Å². The molecular formula is C17H20N4O2. The van der Waals surface area contributed by atoms with Crippen LogP contribution in [-0.4, -0.2) is 30.3 Å². The molecule has 0 aromatic carbocycles. The third kappa shape index (κ3) is 4.66. The van der Waals surface area contributed by atoms with Crippen LogP contribution in [0.3, 0.4) is 0 Å². The summed E-state index contributed by atoms with van der Waals surface area (Å²) in [7, 11) is 1.63. The predicted molar refractivity (Wildman–Crippen MR) is 87.4 cm³/mol. The molecular weight excluding hydrogens is 292 g/mol. The lowest BCUT2D eigenvalue weighted by Gasteiger charge is -2.11. The number of nitrogens with zero attached hydrogens (tertiary/aromatic N) is 3. The molecule has 0 unspecified atom stereocenters. The normalized spacial score (nSPS) is 10.2. The lowest BCUT2D eigenvalue weighted by molar-refractivity contribution is 0.143. The van der Waals surface area contributed by atoms with Gasteiger partial charge in [0.15, 0.2) is 0 Å². The Morgan fingerprint density at radius 2 is 2.09 bits per heavy atom. The predicted octanol–water partition coefficient (Wildman–Crippen LogP) is 2.60. The fourth-order valence-electron chi connectivity index (χ4n) is 2.14. The minimum absolute atomic E-state index is 0.474. The van der Waals surface area contributed by atoms with E-state index in [0.29, 0.717) is 31.2 Å². The van der Waals surface area contributed by atoms with E-state index in [2.05, 4.69) is 21.4 Å². The van der Waals surface area contributed by atoms with Crippen molar-refractivity contribution in [3.63, 3.8) is 0 Å². The van der Waals surface area contributed by atoms with Crippen LogP contribution in [0.2, 0.25) is 0 Å². The SMILES string of the molecule is COCCOc1ccc(CNc2cc(C)nc(C)c2C#N)cn1. The summed E-state index contributed by atoms with van der Waals surface area (Å²) >= 11 is 0. The van der Waals surface area contributed by atoms with Crippen LogP contribution in [0.15, 0.2) is 24.4 Å². The fourth-order valence-corrected chi connectivity index (χ4v) is 2.14. The van der Waals surface area contributed by atoms with Gasteiger partial charge in [-0.1, -0.05) is 6.07 Å². The second kappa shape index (κ2) is 8.11. The molecule has 0 atom stereocenters. The van der Waals surface area contributed by atoms with E-state index in [1.165, 1.54) is 0 Å². The zero-order chi connectivity index (χ0) is 16.7. The Bertz CT molecular complexity index is 693. The van der Waals surface area contributed by atoms with Gasteiger partial charge in [-0.05, 0) is 25.5 Å². The molecule has 0 amide bonds. The summed E-state index contributed by atoms with van der Waals surface area (Å²) in [6.07, 6.45) is 1.75. The monoisotopic (exact) mass is 312 g/mol. The average molecular weight is 312 g/mol. The van der Waals surface area contributed by atoms with Crippen LogP contribution in [-0.2, 0) is 11.3 Å². The highest BCUT2D eigenvalue weighted by Crippen LogP contribution is 2.19. The van der Waals surface area contributed by atoms with Crippen molar-refractivity contribution in [2.75, 3.05) is 25.6 Å². The highest BCUT2D eigenvalue weighted by molar-refractivity contribution is 5.59. The van der Waals surface area contributed by atoms with Crippen LogP contribution in [0, 0.1) is 25.2 Å². The standard InChI is InChI=1S/C17H20N4O2/c1-12-8-16(15(9-18)13(2)21-12)19-10-14-4-5-17(20-11-14)23-7-6-22-3/h4-5,8,11H,6-7,10H2,1-3H3,(H,19,21). The molecule has 2 aromatic rings. The number of rotatable bonds is 7. The average Bonchev–Trinajstić information content (AvgIpc) is 2.54. The summed E-state index contributed by atoms with van der Waals surface area (Å²) in [5.74, 6) is 0.569. The van der Waals surface area contributed by atoms with Gasteiger partial charge in [-0.3, -0.25) is 4.98 Å². The number of aryl methyl sites for hydroxylation is 2. The van der Waals surface area contributed by atoms with Crippen molar-refractivity contribution in [1.82, 2.24) is 9.97 Å². The van der Waals surface area contributed by atoms with Gasteiger partial charge in [0.1, 0.15) is 12.7 Å². The Hall–Kier alpha value is -2.65. The minimum Gasteiger partial charge on any atom is -0.475 e. The number of ether oxygens (including phenoxy) is 2. The molecule has 0 fully saturated rings. The Balaban J connectivity index is 2.00. The molecule has 120 valence electrons. The molecule has 23 heavy (non-hydrogen) atoms. The topological polar surface area (TPSA) is 80.1 Å². The molecule has 0 saturated heterocycles. The lowest BCUT2D eigenvalue weighted by atomic mass is 10.1. The number of anilines is 1. The Morgan fingerprint density at radius 3 is 2.74 bits per heavy atom. The van der Waals surface area contributed by atoms with E-state index in [1.54, 1.807) is 13.3 Å². The minimum atomic E-state index is 0.474. The summed E-state index contributed by atoms with van der Waals surface area (Å²) in [4.78, 5) is 8.55. The van der Waals surface area contributed by atoms with Gasteiger partial charge >= 0.3 is 0 Å². The molecule has 0 aliphatic carbocycles. The molecule has 0 radical (unpaired) electrons. The molecule has 6 nitrogen and oxygen atoms in total. The number of aromatic nitrogens is 2. The molecule has 2 aromatic heterocycles. The van der Waals surface area contributed by atoms with Crippen LogP contribution < -0.4 is 10.1 Å². The van der Waals surface area contributed by atoms with Crippen molar-refractivity contribution in [2.45, 2.75) is 20.4 Å². The van der Waals surface area contributed by atoms with E-state index in [1.807, 2.05) is 32.0 Å². The van der Waals surface area contributed by atoms with Crippen LogP contribution in [0.1, 0.15) is 22.5 Å². The number of pyridine rings is 2. The van der Waals surface area contributed by atoms with Gasteiger partial charge in [-0.2, -0.15) is 5.26 Å². The first-order chi connectivity index (χ1) is 11.1. The van der Waals surface area contributed by atoms with Crippen LogP contribution in [0.5, 0.6) is 5.88 Å². The first-order valence-electron chi connectivity index (χ1n) is 7.33. The molecule has 0 aliphatic heterocycles. The second-order valence-electron chi connectivity index (χ2n) is 5.08. The van der Waals surface area contributed by atoms with Crippen molar-refractivity contribution < 1.29 is 9.47 Å². The van der Waals surface area contributed by atoms with E-state index >= 15 is 0 Å². The summed E-state index contributed by atoms with van der Waals surface area (Å²) in [5, 5.41) is 12.5. The third-order valence-electron chi connectivity index (χ3n) is 3.26. The van der Waals surface area contributed by atoms with E-state index in [-0.39, 0.29) is 0 Å². The summed E-state index contributed by atoms with van der Waals surface area (Å²) in [6, 6.07) is 7.83. The van der Waals surface area contributed by atoms with Crippen LogP contribution in [0.25, 0.3) is 0 Å². The fraction of sp³-hybridized carbons (Fsp3) is 0.353. The number of nitrogens with one attached hydrogen (secondary N) is 1. The molecule has 2 rings (SSSR count). The van der Waals surface area contributed by atoms with Crippen molar-refractivity contribution in [3.05, 3.63) is 46.9 Å². The van der Waals surface area contributed by atoms with Crippen molar-refractivity contribution in [1.29, 1.82) is 5.26 Å². The maximum absolute atomic E-state index is 9.26. The summed E-state index contributed by atoms with van der Waals surface area (Å²) in [5.41, 5.74) is 3.97. The first kappa shape index (κ1) is 16.7. The summed E-state index contributed by atoms with van der Waals surface area (Å²) in [6.45, 7) is 5.32. The number of nitriles is 1. The highest BCUT2D eigenvalue weighted by atomic mass is 16.5. The Kier molecular flexibility index (Phi) is 5.89. The van der Waals surface area contributed by atoms with Gasteiger partial charge in [0, 0.05) is 31.6 Å². The van der Waals surface area contributed by atoms with Gasteiger partial charge in [-0.25, -0.2) is 4.98 Å². The number of methoxy groups -OCH3 is 1. The zero-order valence-corrected chi connectivity index (χ0v) is 13.6. The smallest absolute Gasteiger partial charge is 0.213 e. The molecule has 0 spiro atoms. The van der Waals surface area contributed by atoms with Gasteiger partial charge in [-0.15, -0.1) is 0 Å². The van der Waals surface area contributed by atoms with Gasteiger partial charge < -0.3 is 14.8 Å². The third-order valence-corrected chi connectivity index (χ3v) is 3.26. The Labute approximate surface area is 136 Å². The molecule has 6 heteroatoms. The molecule has 0 bridgehead atoms.